The molecule has 0 aliphatic rings. The monoisotopic (exact) mass is 291 g/mol. The van der Waals surface area contributed by atoms with Crippen LogP contribution in [0.5, 0.6) is 0 Å². The molecule has 7 heteroatoms. The Bertz CT molecular complexity index is 667. The first kappa shape index (κ1) is 14.1. The van der Waals surface area contributed by atoms with Gasteiger partial charge in [-0.25, -0.2) is 14.8 Å². The van der Waals surface area contributed by atoms with E-state index < -0.39 is 5.97 Å². The number of rotatable bonds is 3. The zero-order valence-corrected chi connectivity index (χ0v) is 12.1. The van der Waals surface area contributed by atoms with Crippen molar-refractivity contribution in [3.8, 4) is 0 Å². The second-order valence-electron chi connectivity index (χ2n) is 4.04. The number of ether oxygens (including phenoxy) is 1. The van der Waals surface area contributed by atoms with Gasteiger partial charge in [0.25, 0.3) is 5.91 Å². The molecule has 1 N–H and O–H groups in total. The molecule has 2 heterocycles. The smallest absolute Gasteiger partial charge is 0.350 e. The highest BCUT2D eigenvalue weighted by atomic mass is 32.1. The highest BCUT2D eigenvalue weighted by Crippen LogP contribution is 2.23. The number of hydrogen-bond acceptors (Lipinski definition) is 6. The third-order valence-corrected chi connectivity index (χ3v) is 3.56. The molecule has 2 aromatic rings. The highest BCUT2D eigenvalue weighted by molar-refractivity contribution is 7.17. The number of esters is 1. The van der Waals surface area contributed by atoms with Gasteiger partial charge in [0.15, 0.2) is 5.13 Å². The maximum absolute atomic E-state index is 12.0. The Balaban J connectivity index is 2.18. The quantitative estimate of drug-likeness (QED) is 0.877. The minimum atomic E-state index is -0.464. The molecule has 0 aliphatic carbocycles. The van der Waals surface area contributed by atoms with Gasteiger partial charge in [-0.1, -0.05) is 17.4 Å². The second kappa shape index (κ2) is 5.79. The summed E-state index contributed by atoms with van der Waals surface area (Å²) >= 11 is 1.07. The summed E-state index contributed by atoms with van der Waals surface area (Å²) < 4.78 is 4.64. The van der Waals surface area contributed by atoms with Gasteiger partial charge < -0.3 is 4.74 Å². The van der Waals surface area contributed by atoms with E-state index in [9.17, 15) is 9.59 Å². The van der Waals surface area contributed by atoms with Crippen molar-refractivity contribution in [1.82, 2.24) is 9.97 Å². The molecule has 20 heavy (non-hydrogen) atoms. The number of nitrogens with one attached hydrogen (secondary N) is 1. The third-order valence-electron chi connectivity index (χ3n) is 2.51. The fraction of sp³-hybridized carbons (Fsp3) is 0.231. The first-order chi connectivity index (χ1) is 9.51. The molecule has 0 aromatic carbocycles. The molecular formula is C13H13N3O3S. The van der Waals surface area contributed by atoms with Gasteiger partial charge >= 0.3 is 5.97 Å². The van der Waals surface area contributed by atoms with Crippen molar-refractivity contribution in [1.29, 1.82) is 0 Å². The maximum Gasteiger partial charge on any atom is 0.350 e. The predicted molar refractivity (Wildman–Crippen MR) is 75.1 cm³/mol. The van der Waals surface area contributed by atoms with Gasteiger partial charge in [0.2, 0.25) is 0 Å². The summed E-state index contributed by atoms with van der Waals surface area (Å²) in [5, 5.41) is 2.97. The number of nitrogens with zero attached hydrogens (tertiary/aromatic N) is 2. The molecule has 0 saturated heterocycles. The Morgan fingerprint density at radius 3 is 2.65 bits per heavy atom. The number of anilines is 1. The van der Waals surface area contributed by atoms with E-state index in [0.717, 1.165) is 17.0 Å². The fourth-order valence-corrected chi connectivity index (χ4v) is 2.44. The van der Waals surface area contributed by atoms with E-state index in [1.54, 1.807) is 32.0 Å². The van der Waals surface area contributed by atoms with Gasteiger partial charge in [0.05, 0.1) is 12.8 Å². The molecule has 0 unspecified atom stereocenters. The average molecular weight is 291 g/mol. The van der Waals surface area contributed by atoms with Crippen LogP contribution in [0, 0.1) is 13.8 Å². The Morgan fingerprint density at radius 1 is 1.25 bits per heavy atom. The molecule has 0 fully saturated rings. The summed E-state index contributed by atoms with van der Waals surface area (Å²) in [6, 6.07) is 5.17. The van der Waals surface area contributed by atoms with Crippen LogP contribution in [0.1, 0.15) is 31.5 Å². The van der Waals surface area contributed by atoms with E-state index in [4.69, 9.17) is 0 Å². The molecule has 1 amide bonds. The highest BCUT2D eigenvalue weighted by Gasteiger charge is 2.17. The number of carbonyl (C=O) groups is 2. The van der Waals surface area contributed by atoms with Crippen molar-refractivity contribution in [2.24, 2.45) is 0 Å². The molecule has 0 bridgehead atoms. The van der Waals surface area contributed by atoms with Crippen LogP contribution in [0.25, 0.3) is 0 Å². The molecule has 0 atom stereocenters. The van der Waals surface area contributed by atoms with Crippen molar-refractivity contribution in [2.45, 2.75) is 13.8 Å². The first-order valence-electron chi connectivity index (χ1n) is 5.82. The van der Waals surface area contributed by atoms with Crippen LogP contribution in [0.15, 0.2) is 18.2 Å². The van der Waals surface area contributed by atoms with Crippen LogP contribution in [0.2, 0.25) is 0 Å². The number of pyridine rings is 1. The van der Waals surface area contributed by atoms with E-state index in [-0.39, 0.29) is 5.91 Å². The molecule has 6 nitrogen and oxygen atoms in total. The number of methoxy groups -OCH3 is 1. The minimum absolute atomic E-state index is 0.303. The van der Waals surface area contributed by atoms with Crippen molar-refractivity contribution >= 4 is 28.3 Å². The van der Waals surface area contributed by atoms with Gasteiger partial charge in [0, 0.05) is 5.69 Å². The Hall–Kier alpha value is -2.28. The van der Waals surface area contributed by atoms with E-state index in [2.05, 4.69) is 20.0 Å². The van der Waals surface area contributed by atoms with Crippen LogP contribution in [0.4, 0.5) is 5.13 Å². The maximum atomic E-state index is 12.0. The number of aromatic nitrogens is 2. The predicted octanol–water partition coefficient (Wildman–Crippen LogP) is 2.19. The number of amides is 1. The lowest BCUT2D eigenvalue weighted by atomic mass is 10.3. The largest absolute Gasteiger partial charge is 0.465 e. The van der Waals surface area contributed by atoms with Gasteiger partial charge in [-0.3, -0.25) is 10.1 Å². The third kappa shape index (κ3) is 3.00. The van der Waals surface area contributed by atoms with Crippen molar-refractivity contribution in [3.63, 3.8) is 0 Å². The van der Waals surface area contributed by atoms with Crippen LogP contribution in [0.3, 0.4) is 0 Å². The average Bonchev–Trinajstić information content (AvgIpc) is 2.78. The number of thiazole rings is 1. The van der Waals surface area contributed by atoms with Gasteiger partial charge in [-0.15, -0.1) is 0 Å². The second-order valence-corrected chi connectivity index (χ2v) is 5.04. The molecule has 104 valence electrons. The molecule has 2 aromatic heterocycles. The van der Waals surface area contributed by atoms with E-state index in [1.165, 1.54) is 7.11 Å². The summed E-state index contributed by atoms with van der Waals surface area (Å²) in [6.07, 6.45) is 0. The zero-order valence-electron chi connectivity index (χ0n) is 11.3. The molecule has 0 saturated carbocycles. The number of hydrogen-bond donors (Lipinski definition) is 1. The molecular weight excluding hydrogens is 278 g/mol. The van der Waals surface area contributed by atoms with Crippen LogP contribution >= 0.6 is 11.3 Å². The fourth-order valence-electron chi connectivity index (χ4n) is 1.56. The lowest BCUT2D eigenvalue weighted by Gasteiger charge is -2.01. The molecule has 0 radical (unpaired) electrons. The topological polar surface area (TPSA) is 81.2 Å². The standard InChI is InChI=1S/C13H13N3O3S/c1-7-5-4-6-9(14-7)11(17)16-13-15-8(2)10(20-13)12(18)19-3/h4-6H,1-3H3,(H,15,16,17). The number of aryl methyl sites for hydroxylation is 2. The van der Waals surface area contributed by atoms with Gasteiger partial charge in [0.1, 0.15) is 10.6 Å². The summed E-state index contributed by atoms with van der Waals surface area (Å²) in [7, 11) is 1.30. The number of carbonyl (C=O) groups excluding carboxylic acids is 2. The molecule has 0 spiro atoms. The summed E-state index contributed by atoms with van der Waals surface area (Å²) in [5.74, 6) is -0.826. The van der Waals surface area contributed by atoms with E-state index in [1.807, 2.05) is 0 Å². The van der Waals surface area contributed by atoms with Gasteiger partial charge in [-0.05, 0) is 26.0 Å². The SMILES string of the molecule is COC(=O)c1sc(NC(=O)c2cccc(C)n2)nc1C. The van der Waals surface area contributed by atoms with Crippen LogP contribution in [-0.4, -0.2) is 29.0 Å². The van der Waals surface area contributed by atoms with Crippen LogP contribution < -0.4 is 5.32 Å². The van der Waals surface area contributed by atoms with Crippen LogP contribution in [-0.2, 0) is 4.74 Å². The Morgan fingerprint density at radius 2 is 2.00 bits per heavy atom. The Labute approximate surface area is 119 Å². The van der Waals surface area contributed by atoms with E-state index >= 15 is 0 Å². The summed E-state index contributed by atoms with van der Waals surface area (Å²) in [4.78, 5) is 32.1. The molecule has 2 rings (SSSR count). The lowest BCUT2D eigenvalue weighted by Crippen LogP contribution is -2.13. The first-order valence-corrected chi connectivity index (χ1v) is 6.63. The normalized spacial score (nSPS) is 10.2. The van der Waals surface area contributed by atoms with Crippen molar-refractivity contribution in [2.75, 3.05) is 12.4 Å². The van der Waals surface area contributed by atoms with Crippen molar-refractivity contribution in [3.05, 3.63) is 40.2 Å². The minimum Gasteiger partial charge on any atom is -0.465 e. The van der Waals surface area contributed by atoms with Gasteiger partial charge in [-0.2, -0.15) is 0 Å². The zero-order chi connectivity index (χ0) is 14.7. The summed E-state index contributed by atoms with van der Waals surface area (Å²) in [6.45, 7) is 3.49. The van der Waals surface area contributed by atoms with E-state index in [0.29, 0.717) is 21.4 Å². The molecule has 0 aliphatic heterocycles. The summed E-state index contributed by atoms with van der Waals surface area (Å²) in [5.41, 5.74) is 1.58. The lowest BCUT2D eigenvalue weighted by molar-refractivity contribution is 0.0605. The Kier molecular flexibility index (Phi) is 4.09. The van der Waals surface area contributed by atoms with Crippen molar-refractivity contribution < 1.29 is 14.3 Å².